The molecule has 0 fully saturated rings. The molecule has 0 aliphatic carbocycles. The van der Waals surface area contributed by atoms with E-state index in [1.54, 1.807) is 11.3 Å². The van der Waals surface area contributed by atoms with Crippen LogP contribution in [0.3, 0.4) is 0 Å². The Morgan fingerprint density at radius 3 is 2.48 bits per heavy atom. The van der Waals surface area contributed by atoms with Gasteiger partial charge in [-0.1, -0.05) is 30.3 Å². The van der Waals surface area contributed by atoms with E-state index >= 15 is 0 Å². The minimum Gasteiger partial charge on any atom is -0.481 e. The summed E-state index contributed by atoms with van der Waals surface area (Å²) < 4.78 is 0. The molecule has 2 N–H and O–H groups in total. The van der Waals surface area contributed by atoms with Gasteiger partial charge in [-0.3, -0.25) is 9.59 Å². The molecule has 1 heterocycles. The van der Waals surface area contributed by atoms with Crippen molar-refractivity contribution in [3.05, 3.63) is 57.3 Å². The number of nitrogens with one attached hydrogen (secondary N) is 1. The predicted octanol–water partition coefficient (Wildman–Crippen LogP) is 3.57. The number of aliphatic carboxylic acids is 1. The Morgan fingerprint density at radius 2 is 1.91 bits per heavy atom. The molecule has 1 aromatic carbocycles. The van der Waals surface area contributed by atoms with Crippen LogP contribution in [0.2, 0.25) is 0 Å². The molecule has 0 saturated carbocycles. The first-order chi connectivity index (χ1) is 11.0. The number of rotatable bonds is 7. The van der Waals surface area contributed by atoms with Crippen molar-refractivity contribution >= 4 is 23.2 Å². The largest absolute Gasteiger partial charge is 0.481 e. The van der Waals surface area contributed by atoms with Crippen molar-refractivity contribution in [1.29, 1.82) is 0 Å². The number of hydrogen-bond acceptors (Lipinski definition) is 3. The Bertz CT molecular complexity index is 679. The van der Waals surface area contributed by atoms with Gasteiger partial charge in [0.15, 0.2) is 0 Å². The Hall–Kier alpha value is -2.14. The molecule has 5 heteroatoms. The molecular formula is C18H21NO3S. The number of carboxylic acid groups (broad SMARTS) is 1. The molecule has 0 saturated heterocycles. The van der Waals surface area contributed by atoms with Crippen molar-refractivity contribution in [3.8, 4) is 0 Å². The van der Waals surface area contributed by atoms with E-state index in [9.17, 15) is 9.59 Å². The van der Waals surface area contributed by atoms with E-state index < -0.39 is 5.97 Å². The fraction of sp³-hybridized carbons (Fsp3) is 0.333. The third kappa shape index (κ3) is 4.93. The maximum absolute atomic E-state index is 12.5. The highest BCUT2D eigenvalue weighted by Gasteiger charge is 2.18. The second-order valence-electron chi connectivity index (χ2n) is 5.62. The predicted molar refractivity (Wildman–Crippen MR) is 92.1 cm³/mol. The minimum absolute atomic E-state index is 0.0411. The van der Waals surface area contributed by atoms with Gasteiger partial charge < -0.3 is 10.4 Å². The lowest BCUT2D eigenvalue weighted by molar-refractivity contribution is -0.137. The van der Waals surface area contributed by atoms with Gasteiger partial charge in [0, 0.05) is 22.7 Å². The average molecular weight is 331 g/mol. The lowest BCUT2D eigenvalue weighted by atomic mass is 10.0. The van der Waals surface area contributed by atoms with E-state index in [1.807, 2.05) is 49.6 Å². The van der Waals surface area contributed by atoms with E-state index in [0.29, 0.717) is 18.4 Å². The molecule has 0 radical (unpaired) electrons. The average Bonchev–Trinajstić information content (AvgIpc) is 2.85. The number of aryl methyl sites for hydroxylation is 1. The highest BCUT2D eigenvalue weighted by atomic mass is 32.1. The molecule has 4 nitrogen and oxygen atoms in total. The summed E-state index contributed by atoms with van der Waals surface area (Å²) in [5, 5.41) is 13.8. The standard InChI is InChI=1S/C18H21NO3S/c1-12-13(2)23-11-16(12)18(22)19-15(8-9-17(20)21)10-14-6-4-3-5-7-14/h3-7,11,15H,8-10H2,1-2H3,(H,19,22)(H,20,21). The van der Waals surface area contributed by atoms with Crippen molar-refractivity contribution in [3.63, 3.8) is 0 Å². The smallest absolute Gasteiger partial charge is 0.303 e. The van der Waals surface area contributed by atoms with Crippen LogP contribution in [0.1, 0.15) is 39.2 Å². The summed E-state index contributed by atoms with van der Waals surface area (Å²) in [6.45, 7) is 3.92. The summed E-state index contributed by atoms with van der Waals surface area (Å²) >= 11 is 1.55. The molecule has 0 bridgehead atoms. The molecule has 23 heavy (non-hydrogen) atoms. The number of carbonyl (C=O) groups excluding carboxylic acids is 1. The van der Waals surface area contributed by atoms with E-state index in [4.69, 9.17) is 5.11 Å². The Labute approximate surface area is 140 Å². The fourth-order valence-electron chi connectivity index (χ4n) is 2.42. The zero-order chi connectivity index (χ0) is 16.8. The van der Waals surface area contributed by atoms with Crippen LogP contribution < -0.4 is 5.32 Å². The first kappa shape index (κ1) is 17.2. The highest BCUT2D eigenvalue weighted by molar-refractivity contribution is 7.10. The number of hydrogen-bond donors (Lipinski definition) is 2. The van der Waals surface area contributed by atoms with Crippen LogP contribution in [-0.4, -0.2) is 23.0 Å². The topological polar surface area (TPSA) is 66.4 Å². The van der Waals surface area contributed by atoms with Gasteiger partial charge in [0.2, 0.25) is 0 Å². The molecule has 1 amide bonds. The van der Waals surface area contributed by atoms with Crippen LogP contribution in [0.15, 0.2) is 35.7 Å². The van der Waals surface area contributed by atoms with Crippen LogP contribution in [0.4, 0.5) is 0 Å². The third-order valence-electron chi connectivity index (χ3n) is 3.90. The first-order valence-electron chi connectivity index (χ1n) is 7.58. The Kier molecular flexibility index (Phi) is 5.93. The maximum Gasteiger partial charge on any atom is 0.303 e. The second-order valence-corrected chi connectivity index (χ2v) is 6.71. The molecule has 122 valence electrons. The van der Waals surface area contributed by atoms with Crippen LogP contribution in [-0.2, 0) is 11.2 Å². The molecule has 2 rings (SSSR count). The fourth-order valence-corrected chi connectivity index (χ4v) is 3.29. The zero-order valence-corrected chi connectivity index (χ0v) is 14.2. The van der Waals surface area contributed by atoms with Gasteiger partial charge in [0.1, 0.15) is 0 Å². The summed E-state index contributed by atoms with van der Waals surface area (Å²) in [5.41, 5.74) is 2.76. The minimum atomic E-state index is -0.847. The van der Waals surface area contributed by atoms with Crippen molar-refractivity contribution in [2.75, 3.05) is 0 Å². The summed E-state index contributed by atoms with van der Waals surface area (Å²) in [5.74, 6) is -0.974. The normalized spacial score (nSPS) is 11.9. The summed E-state index contributed by atoms with van der Waals surface area (Å²) in [6.07, 6.45) is 1.08. The van der Waals surface area contributed by atoms with Gasteiger partial charge in [-0.2, -0.15) is 0 Å². The van der Waals surface area contributed by atoms with Crippen molar-refractivity contribution < 1.29 is 14.7 Å². The first-order valence-corrected chi connectivity index (χ1v) is 8.46. The quantitative estimate of drug-likeness (QED) is 0.815. The second kappa shape index (κ2) is 7.92. The number of carbonyl (C=O) groups is 2. The van der Waals surface area contributed by atoms with Gasteiger partial charge in [-0.25, -0.2) is 0 Å². The third-order valence-corrected chi connectivity index (χ3v) is 4.91. The SMILES string of the molecule is Cc1scc(C(=O)NC(CCC(=O)O)Cc2ccccc2)c1C. The van der Waals surface area contributed by atoms with Crippen molar-refractivity contribution in [2.45, 2.75) is 39.2 Å². The molecular weight excluding hydrogens is 310 g/mol. The maximum atomic E-state index is 12.5. The van der Waals surface area contributed by atoms with Gasteiger partial charge in [0.25, 0.3) is 5.91 Å². The van der Waals surface area contributed by atoms with E-state index in [0.717, 1.165) is 16.0 Å². The number of thiophene rings is 1. The van der Waals surface area contributed by atoms with Crippen LogP contribution in [0.25, 0.3) is 0 Å². The Balaban J connectivity index is 2.08. The molecule has 1 aromatic heterocycles. The zero-order valence-electron chi connectivity index (χ0n) is 13.3. The van der Waals surface area contributed by atoms with E-state index in [-0.39, 0.29) is 18.4 Å². The number of carboxylic acids is 1. The molecule has 0 aliphatic rings. The lowest BCUT2D eigenvalue weighted by Gasteiger charge is -2.18. The Morgan fingerprint density at radius 1 is 1.22 bits per heavy atom. The van der Waals surface area contributed by atoms with Gasteiger partial charge in [0.05, 0.1) is 5.56 Å². The summed E-state index contributed by atoms with van der Waals surface area (Å²) in [6, 6.07) is 9.60. The molecule has 0 aliphatic heterocycles. The lowest BCUT2D eigenvalue weighted by Crippen LogP contribution is -2.37. The monoisotopic (exact) mass is 331 g/mol. The summed E-state index contributed by atoms with van der Waals surface area (Å²) in [4.78, 5) is 24.5. The van der Waals surface area contributed by atoms with Crippen molar-refractivity contribution in [2.24, 2.45) is 0 Å². The number of amides is 1. The number of benzene rings is 1. The highest BCUT2D eigenvalue weighted by Crippen LogP contribution is 2.21. The molecule has 1 unspecified atom stereocenters. The van der Waals surface area contributed by atoms with Gasteiger partial charge in [-0.05, 0) is 37.8 Å². The van der Waals surface area contributed by atoms with Gasteiger partial charge >= 0.3 is 5.97 Å². The van der Waals surface area contributed by atoms with Crippen LogP contribution >= 0.6 is 11.3 Å². The van der Waals surface area contributed by atoms with E-state index in [2.05, 4.69) is 5.32 Å². The molecule has 0 spiro atoms. The van der Waals surface area contributed by atoms with Crippen LogP contribution in [0.5, 0.6) is 0 Å². The van der Waals surface area contributed by atoms with E-state index in [1.165, 1.54) is 0 Å². The van der Waals surface area contributed by atoms with Gasteiger partial charge in [-0.15, -0.1) is 11.3 Å². The molecule has 2 aromatic rings. The van der Waals surface area contributed by atoms with Crippen molar-refractivity contribution in [1.82, 2.24) is 5.32 Å². The van der Waals surface area contributed by atoms with Crippen LogP contribution in [0, 0.1) is 13.8 Å². The summed E-state index contributed by atoms with van der Waals surface area (Å²) in [7, 11) is 0. The molecule has 1 atom stereocenters.